The molecular weight excluding hydrogens is 380 g/mol. The molecule has 0 aromatic heterocycles. The summed E-state index contributed by atoms with van der Waals surface area (Å²) in [6.07, 6.45) is 0.776. The van der Waals surface area contributed by atoms with Gasteiger partial charge in [0.25, 0.3) is 0 Å². The van der Waals surface area contributed by atoms with Crippen molar-refractivity contribution < 1.29 is 14.7 Å². The van der Waals surface area contributed by atoms with Crippen molar-refractivity contribution in [2.45, 2.75) is 52.6 Å². The minimum atomic E-state index is -0.750. The maximum Gasteiger partial charge on any atom is 0.315 e. The molecule has 30 heavy (non-hydrogen) atoms. The highest BCUT2D eigenvalue weighted by molar-refractivity contribution is 5.77. The number of amides is 3. The first-order valence-electron chi connectivity index (χ1n) is 10.0. The van der Waals surface area contributed by atoms with Crippen LogP contribution in [0.5, 0.6) is 5.75 Å². The Hall–Kier alpha value is -3.06. The third-order valence-corrected chi connectivity index (χ3v) is 5.17. The molecule has 0 saturated heterocycles. The number of hydrogen-bond donors (Lipinski definition) is 4. The summed E-state index contributed by atoms with van der Waals surface area (Å²) < 4.78 is 0. The lowest BCUT2D eigenvalue weighted by Gasteiger charge is -2.35. The lowest BCUT2D eigenvalue weighted by Crippen LogP contribution is -2.58. The van der Waals surface area contributed by atoms with Crippen LogP contribution < -0.4 is 16.5 Å². The highest BCUT2D eigenvalue weighted by atomic mass is 16.3. The molecule has 0 aliphatic heterocycles. The molecule has 162 valence electrons. The third-order valence-electron chi connectivity index (χ3n) is 5.17. The number of nitrogens with two attached hydrogens (primary N) is 1. The van der Waals surface area contributed by atoms with E-state index >= 15 is 0 Å². The third kappa shape index (κ3) is 6.49. The van der Waals surface area contributed by atoms with E-state index in [0.717, 1.165) is 22.3 Å². The Kier molecular flexibility index (Phi) is 7.83. The summed E-state index contributed by atoms with van der Waals surface area (Å²) in [6, 6.07) is 12.7. The SMILES string of the molecule is Cc1cc(O)cc(C)c1CCC(=O)N(N)C(C)(C)CNC(=O)NCc1ccccc1. The molecule has 0 radical (unpaired) electrons. The lowest BCUT2D eigenvalue weighted by molar-refractivity contribution is -0.136. The molecule has 7 nitrogen and oxygen atoms in total. The predicted molar refractivity (Wildman–Crippen MR) is 118 cm³/mol. The van der Waals surface area contributed by atoms with Gasteiger partial charge in [-0.1, -0.05) is 30.3 Å². The van der Waals surface area contributed by atoms with Crippen molar-refractivity contribution in [2.24, 2.45) is 5.84 Å². The monoisotopic (exact) mass is 412 g/mol. The first-order chi connectivity index (χ1) is 14.1. The fourth-order valence-electron chi connectivity index (χ4n) is 3.28. The Balaban J connectivity index is 1.84. The summed E-state index contributed by atoms with van der Waals surface area (Å²) in [5, 5.41) is 16.4. The van der Waals surface area contributed by atoms with Crippen LogP contribution in [0.1, 0.15) is 42.5 Å². The fraction of sp³-hybridized carbons (Fsp3) is 0.391. The molecule has 0 atom stereocenters. The number of nitrogens with zero attached hydrogens (tertiary/aromatic N) is 1. The zero-order valence-corrected chi connectivity index (χ0v) is 18.2. The molecule has 7 heteroatoms. The molecule has 2 aromatic carbocycles. The summed E-state index contributed by atoms with van der Waals surface area (Å²) >= 11 is 0. The largest absolute Gasteiger partial charge is 0.508 e. The van der Waals surface area contributed by atoms with Gasteiger partial charge in [-0.25, -0.2) is 10.6 Å². The number of rotatable bonds is 8. The van der Waals surface area contributed by atoms with Crippen molar-refractivity contribution in [3.05, 3.63) is 64.7 Å². The quantitative estimate of drug-likeness (QED) is 0.304. The van der Waals surface area contributed by atoms with Crippen LogP contribution in [0.3, 0.4) is 0 Å². The second-order valence-corrected chi connectivity index (χ2v) is 8.16. The number of phenols is 1. The highest BCUT2D eigenvalue weighted by Crippen LogP contribution is 2.22. The average molecular weight is 413 g/mol. The lowest BCUT2D eigenvalue weighted by atomic mass is 9.97. The number of phenolic OH excluding ortho intramolecular Hbond substituents is 1. The van der Waals surface area contributed by atoms with E-state index < -0.39 is 5.54 Å². The van der Waals surface area contributed by atoms with Crippen molar-refractivity contribution in [3.63, 3.8) is 0 Å². The Bertz CT molecular complexity index is 858. The Morgan fingerprint density at radius 1 is 1.07 bits per heavy atom. The molecule has 0 aliphatic carbocycles. The van der Waals surface area contributed by atoms with E-state index in [0.29, 0.717) is 13.0 Å². The number of hydrazine groups is 1. The van der Waals surface area contributed by atoms with Gasteiger partial charge in [0.15, 0.2) is 0 Å². The molecule has 0 unspecified atom stereocenters. The molecule has 2 rings (SSSR count). The predicted octanol–water partition coefficient (Wildman–Crippen LogP) is 2.92. The van der Waals surface area contributed by atoms with Crippen LogP contribution in [0.25, 0.3) is 0 Å². The fourth-order valence-corrected chi connectivity index (χ4v) is 3.28. The number of carbonyl (C=O) groups excluding carboxylic acids is 2. The van der Waals surface area contributed by atoms with E-state index in [2.05, 4.69) is 10.6 Å². The van der Waals surface area contributed by atoms with Crippen molar-refractivity contribution in [3.8, 4) is 5.75 Å². The van der Waals surface area contributed by atoms with Gasteiger partial charge in [-0.15, -0.1) is 0 Å². The molecule has 5 N–H and O–H groups in total. The second kappa shape index (κ2) is 10.1. The molecule has 3 amide bonds. The molecule has 0 saturated carbocycles. The number of carbonyl (C=O) groups is 2. The second-order valence-electron chi connectivity index (χ2n) is 8.16. The minimum Gasteiger partial charge on any atom is -0.508 e. The van der Waals surface area contributed by atoms with Gasteiger partial charge >= 0.3 is 6.03 Å². The standard InChI is InChI=1S/C23H32N4O3/c1-16-12-19(28)13-17(2)20(16)10-11-21(29)27(24)23(3,4)15-26-22(30)25-14-18-8-6-5-7-9-18/h5-9,12-13,28H,10-11,14-15,24H2,1-4H3,(H2,25,26,30). The molecule has 0 aliphatic rings. The summed E-state index contributed by atoms with van der Waals surface area (Å²) in [5.41, 5.74) is 3.17. The van der Waals surface area contributed by atoms with Crippen LogP contribution in [0.2, 0.25) is 0 Å². The van der Waals surface area contributed by atoms with E-state index in [9.17, 15) is 14.7 Å². The van der Waals surface area contributed by atoms with Gasteiger partial charge in [0.05, 0.1) is 5.54 Å². The Morgan fingerprint density at radius 2 is 1.67 bits per heavy atom. The molecule has 2 aromatic rings. The van der Waals surface area contributed by atoms with Gasteiger partial charge in [0.1, 0.15) is 5.75 Å². The van der Waals surface area contributed by atoms with E-state index in [1.165, 1.54) is 5.01 Å². The first-order valence-corrected chi connectivity index (χ1v) is 10.0. The van der Waals surface area contributed by atoms with Gasteiger partial charge < -0.3 is 15.7 Å². The topological polar surface area (TPSA) is 108 Å². The number of aromatic hydroxyl groups is 1. The van der Waals surface area contributed by atoms with Crippen molar-refractivity contribution in [1.29, 1.82) is 0 Å². The van der Waals surface area contributed by atoms with Gasteiger partial charge in [0.2, 0.25) is 5.91 Å². The van der Waals surface area contributed by atoms with Crippen molar-refractivity contribution in [2.75, 3.05) is 6.54 Å². The van der Waals surface area contributed by atoms with Crippen LogP contribution >= 0.6 is 0 Å². The van der Waals surface area contributed by atoms with Crippen LogP contribution in [0.4, 0.5) is 4.79 Å². The number of aryl methyl sites for hydroxylation is 2. The minimum absolute atomic E-state index is 0.210. The average Bonchev–Trinajstić information content (AvgIpc) is 2.70. The van der Waals surface area contributed by atoms with E-state index in [4.69, 9.17) is 5.84 Å². The smallest absolute Gasteiger partial charge is 0.315 e. The molecule has 0 fully saturated rings. The number of benzene rings is 2. The Labute approximate surface area is 178 Å². The van der Waals surface area contributed by atoms with Gasteiger partial charge in [-0.2, -0.15) is 0 Å². The van der Waals surface area contributed by atoms with Gasteiger partial charge in [-0.05, 0) is 68.5 Å². The summed E-state index contributed by atoms with van der Waals surface area (Å²) in [5.74, 6) is 6.09. The van der Waals surface area contributed by atoms with Crippen LogP contribution in [-0.4, -0.2) is 34.1 Å². The maximum atomic E-state index is 12.6. The van der Waals surface area contributed by atoms with Gasteiger partial charge in [-0.3, -0.25) is 9.80 Å². The molecule has 0 bridgehead atoms. The van der Waals surface area contributed by atoms with E-state index in [1.54, 1.807) is 26.0 Å². The van der Waals surface area contributed by atoms with Crippen LogP contribution in [0, 0.1) is 13.8 Å². The first kappa shape index (κ1) is 23.2. The number of hydrogen-bond acceptors (Lipinski definition) is 4. The van der Waals surface area contributed by atoms with Crippen molar-refractivity contribution in [1.82, 2.24) is 15.6 Å². The van der Waals surface area contributed by atoms with Crippen LogP contribution in [-0.2, 0) is 17.8 Å². The normalized spacial score (nSPS) is 11.1. The van der Waals surface area contributed by atoms with E-state index in [1.807, 2.05) is 44.2 Å². The summed E-state index contributed by atoms with van der Waals surface area (Å²) in [7, 11) is 0. The number of nitrogens with one attached hydrogen (secondary N) is 2. The molecule has 0 spiro atoms. The zero-order chi connectivity index (χ0) is 22.3. The van der Waals surface area contributed by atoms with E-state index in [-0.39, 0.29) is 30.7 Å². The summed E-state index contributed by atoms with van der Waals surface area (Å²) in [4.78, 5) is 24.7. The summed E-state index contributed by atoms with van der Waals surface area (Å²) in [6.45, 7) is 8.07. The highest BCUT2D eigenvalue weighted by Gasteiger charge is 2.29. The zero-order valence-electron chi connectivity index (χ0n) is 18.2. The van der Waals surface area contributed by atoms with Crippen molar-refractivity contribution >= 4 is 11.9 Å². The molecule has 0 heterocycles. The maximum absolute atomic E-state index is 12.6. The number of urea groups is 1. The van der Waals surface area contributed by atoms with Crippen LogP contribution in [0.15, 0.2) is 42.5 Å². The molecular formula is C23H32N4O3. The Morgan fingerprint density at radius 3 is 2.27 bits per heavy atom. The van der Waals surface area contributed by atoms with Gasteiger partial charge in [0, 0.05) is 19.5 Å².